The van der Waals surface area contributed by atoms with E-state index in [2.05, 4.69) is 30.4 Å². The first-order chi connectivity index (χ1) is 17.6. The Bertz CT molecular complexity index is 1670. The van der Waals surface area contributed by atoms with Gasteiger partial charge in [0.25, 0.3) is 5.91 Å². The first-order valence-corrected chi connectivity index (χ1v) is 12.5. The van der Waals surface area contributed by atoms with Crippen LogP contribution in [0.25, 0.3) is 37.7 Å². The van der Waals surface area contributed by atoms with Gasteiger partial charge in [-0.05, 0) is 61.0 Å². The number of nitrogens with zero attached hydrogens (tertiary/aromatic N) is 3. The van der Waals surface area contributed by atoms with E-state index in [4.69, 9.17) is 10.1 Å². The van der Waals surface area contributed by atoms with Crippen LogP contribution in [0.5, 0.6) is 0 Å². The second-order valence-electron chi connectivity index (χ2n) is 8.56. The van der Waals surface area contributed by atoms with E-state index in [1.165, 1.54) is 10.3 Å². The predicted molar refractivity (Wildman–Crippen MR) is 147 cm³/mol. The zero-order chi connectivity index (χ0) is 24.5. The predicted octanol–water partition coefficient (Wildman–Crippen LogP) is 7.38. The average Bonchev–Trinajstić information content (AvgIpc) is 3.55. The molecule has 174 valence electrons. The summed E-state index contributed by atoms with van der Waals surface area (Å²) in [5.74, 6) is -0.209. The van der Waals surface area contributed by atoms with Gasteiger partial charge in [0.1, 0.15) is 10.7 Å². The van der Waals surface area contributed by atoms with Crippen LogP contribution in [0.4, 0.5) is 5.69 Å². The molecule has 6 heteroatoms. The maximum absolute atomic E-state index is 13.4. The first kappa shape index (κ1) is 21.9. The molecule has 0 spiro atoms. The maximum atomic E-state index is 13.4. The third kappa shape index (κ3) is 4.30. The number of aromatic nitrogens is 3. The second-order valence-corrected chi connectivity index (χ2v) is 9.59. The summed E-state index contributed by atoms with van der Waals surface area (Å²) in [6.07, 6.45) is 1.78. The minimum atomic E-state index is -0.209. The Hall–Kier alpha value is -4.55. The number of amides is 1. The maximum Gasteiger partial charge on any atom is 0.259 e. The molecule has 6 rings (SSSR count). The highest BCUT2D eigenvalue weighted by atomic mass is 32.1. The van der Waals surface area contributed by atoms with Crippen molar-refractivity contribution in [2.24, 2.45) is 0 Å². The highest BCUT2D eigenvalue weighted by Gasteiger charge is 2.19. The fourth-order valence-electron chi connectivity index (χ4n) is 4.11. The summed E-state index contributed by atoms with van der Waals surface area (Å²) in [7, 11) is 0. The lowest BCUT2D eigenvalue weighted by Crippen LogP contribution is -2.12. The second kappa shape index (κ2) is 9.24. The molecule has 0 radical (unpaired) electrons. The van der Waals surface area contributed by atoms with E-state index >= 15 is 0 Å². The normalized spacial score (nSPS) is 11.0. The molecule has 0 saturated carbocycles. The lowest BCUT2D eigenvalue weighted by molar-refractivity contribution is 0.102. The van der Waals surface area contributed by atoms with Crippen LogP contribution in [0.1, 0.15) is 15.9 Å². The van der Waals surface area contributed by atoms with Crippen LogP contribution in [0.3, 0.4) is 0 Å². The van der Waals surface area contributed by atoms with Crippen molar-refractivity contribution in [1.29, 1.82) is 0 Å². The van der Waals surface area contributed by atoms with E-state index in [9.17, 15) is 4.79 Å². The SMILES string of the molecule is Cc1ccc2nc(-c3ccc(NC(=O)c4cn(-c5ccccc5)nc4-c4ccccc4)cc3)sc2c1. The van der Waals surface area contributed by atoms with Gasteiger partial charge in [-0.3, -0.25) is 4.79 Å². The van der Waals surface area contributed by atoms with Gasteiger partial charge in [-0.1, -0.05) is 54.6 Å². The van der Waals surface area contributed by atoms with E-state index in [1.807, 2.05) is 84.9 Å². The van der Waals surface area contributed by atoms with Gasteiger partial charge in [0.05, 0.1) is 21.5 Å². The minimum Gasteiger partial charge on any atom is -0.322 e. The van der Waals surface area contributed by atoms with Crippen molar-refractivity contribution in [3.63, 3.8) is 0 Å². The molecule has 0 saturated heterocycles. The summed E-state index contributed by atoms with van der Waals surface area (Å²) in [4.78, 5) is 18.1. The molecule has 2 aromatic heterocycles. The molecule has 4 aromatic carbocycles. The largest absolute Gasteiger partial charge is 0.322 e. The first-order valence-electron chi connectivity index (χ1n) is 11.6. The summed E-state index contributed by atoms with van der Waals surface area (Å²) in [5, 5.41) is 8.74. The quantitative estimate of drug-likeness (QED) is 0.277. The van der Waals surface area contributed by atoms with Crippen molar-refractivity contribution in [2.75, 3.05) is 5.32 Å². The van der Waals surface area contributed by atoms with Crippen molar-refractivity contribution in [3.05, 3.63) is 120 Å². The Labute approximate surface area is 212 Å². The Morgan fingerprint density at radius 2 is 1.56 bits per heavy atom. The van der Waals surface area contributed by atoms with Crippen LogP contribution in [-0.2, 0) is 0 Å². The van der Waals surface area contributed by atoms with Gasteiger partial charge in [-0.2, -0.15) is 5.10 Å². The van der Waals surface area contributed by atoms with Gasteiger partial charge in [0.15, 0.2) is 0 Å². The van der Waals surface area contributed by atoms with E-state index in [-0.39, 0.29) is 5.91 Å². The number of hydrogen-bond acceptors (Lipinski definition) is 4. The van der Waals surface area contributed by atoms with E-state index in [1.54, 1.807) is 22.2 Å². The highest BCUT2D eigenvalue weighted by Crippen LogP contribution is 2.31. The number of hydrogen-bond donors (Lipinski definition) is 1. The number of nitrogens with one attached hydrogen (secondary N) is 1. The van der Waals surface area contributed by atoms with Crippen LogP contribution < -0.4 is 5.32 Å². The number of para-hydroxylation sites is 1. The molecular formula is C30H22N4OS. The molecule has 1 N–H and O–H groups in total. The summed E-state index contributed by atoms with van der Waals surface area (Å²) in [6, 6.07) is 33.6. The molecule has 0 fully saturated rings. The molecule has 0 aliphatic heterocycles. The number of fused-ring (bicyclic) bond motifs is 1. The van der Waals surface area contributed by atoms with Crippen LogP contribution in [0.15, 0.2) is 109 Å². The van der Waals surface area contributed by atoms with Crippen LogP contribution in [0, 0.1) is 6.92 Å². The van der Waals surface area contributed by atoms with Gasteiger partial charge >= 0.3 is 0 Å². The number of aryl methyl sites for hydroxylation is 1. The van der Waals surface area contributed by atoms with Crippen LogP contribution in [0.2, 0.25) is 0 Å². The topological polar surface area (TPSA) is 59.8 Å². The number of carbonyl (C=O) groups is 1. The standard InChI is InChI=1S/C30H22N4OS/c1-20-12-17-26-27(18-20)36-30(32-26)22-13-15-23(16-14-22)31-29(35)25-19-34(24-10-6-3-7-11-24)33-28(25)21-8-4-2-5-9-21/h2-19H,1H3,(H,31,35). The van der Waals surface area contributed by atoms with Gasteiger partial charge < -0.3 is 5.32 Å². The summed E-state index contributed by atoms with van der Waals surface area (Å²) < 4.78 is 2.92. The Morgan fingerprint density at radius 3 is 2.31 bits per heavy atom. The van der Waals surface area contributed by atoms with Crippen LogP contribution >= 0.6 is 11.3 Å². The molecule has 0 unspecified atom stereocenters. The molecule has 0 aliphatic carbocycles. The molecule has 0 atom stereocenters. The third-order valence-electron chi connectivity index (χ3n) is 5.96. The molecule has 5 nitrogen and oxygen atoms in total. The molecule has 0 bridgehead atoms. The Morgan fingerprint density at radius 1 is 0.833 bits per heavy atom. The zero-order valence-electron chi connectivity index (χ0n) is 19.6. The minimum absolute atomic E-state index is 0.209. The molecule has 6 aromatic rings. The fraction of sp³-hybridized carbons (Fsp3) is 0.0333. The summed E-state index contributed by atoms with van der Waals surface area (Å²) in [5.41, 5.74) is 6.89. The monoisotopic (exact) mass is 486 g/mol. The Balaban J connectivity index is 1.29. The van der Waals surface area contributed by atoms with Crippen LogP contribution in [-0.4, -0.2) is 20.7 Å². The van der Waals surface area contributed by atoms with Gasteiger partial charge in [-0.15, -0.1) is 11.3 Å². The summed E-state index contributed by atoms with van der Waals surface area (Å²) >= 11 is 1.67. The van der Waals surface area contributed by atoms with Gasteiger partial charge in [0, 0.05) is 23.0 Å². The smallest absolute Gasteiger partial charge is 0.259 e. The van der Waals surface area contributed by atoms with E-state index in [0.29, 0.717) is 16.9 Å². The van der Waals surface area contributed by atoms with Crippen molar-refractivity contribution in [3.8, 4) is 27.5 Å². The molecule has 36 heavy (non-hydrogen) atoms. The average molecular weight is 487 g/mol. The third-order valence-corrected chi connectivity index (χ3v) is 7.03. The summed E-state index contributed by atoms with van der Waals surface area (Å²) in [6.45, 7) is 2.09. The van der Waals surface area contributed by atoms with Crippen molar-refractivity contribution >= 4 is 33.1 Å². The fourth-order valence-corrected chi connectivity index (χ4v) is 5.18. The van der Waals surface area contributed by atoms with E-state index < -0.39 is 0 Å². The number of carbonyl (C=O) groups excluding carboxylic acids is 1. The van der Waals surface area contributed by atoms with Gasteiger partial charge in [0.2, 0.25) is 0 Å². The van der Waals surface area contributed by atoms with Crippen molar-refractivity contribution < 1.29 is 4.79 Å². The zero-order valence-corrected chi connectivity index (χ0v) is 20.4. The lowest BCUT2D eigenvalue weighted by Gasteiger charge is -2.06. The highest BCUT2D eigenvalue weighted by molar-refractivity contribution is 7.21. The number of anilines is 1. The lowest BCUT2D eigenvalue weighted by atomic mass is 10.1. The van der Waals surface area contributed by atoms with E-state index in [0.717, 1.165) is 27.3 Å². The Kier molecular flexibility index (Phi) is 5.64. The molecule has 2 heterocycles. The van der Waals surface area contributed by atoms with Crippen molar-refractivity contribution in [2.45, 2.75) is 6.92 Å². The number of thiazole rings is 1. The number of rotatable bonds is 5. The van der Waals surface area contributed by atoms with Gasteiger partial charge in [-0.25, -0.2) is 9.67 Å². The molecule has 0 aliphatic rings. The number of benzene rings is 4. The molecule has 1 amide bonds. The van der Waals surface area contributed by atoms with Crippen molar-refractivity contribution in [1.82, 2.24) is 14.8 Å². The molecular weight excluding hydrogens is 464 g/mol.